The molecule has 1 atom stereocenters. The number of rotatable bonds is 9. The molecular formula is C33H39Cl3F3N7O3. The number of nitrogens with zero attached hydrogens (tertiary/aromatic N) is 5. The summed E-state index contributed by atoms with van der Waals surface area (Å²) in [7, 11) is 0. The number of piperidine rings is 1. The Morgan fingerprint density at radius 2 is 1.84 bits per heavy atom. The minimum absolute atomic E-state index is 0. The van der Waals surface area contributed by atoms with Crippen LogP contribution < -0.4 is 25.2 Å². The molecule has 0 saturated carbocycles. The summed E-state index contributed by atoms with van der Waals surface area (Å²) in [6.07, 6.45) is -0.0567. The molecule has 0 spiro atoms. The molecule has 0 bridgehead atoms. The number of halogens is 6. The van der Waals surface area contributed by atoms with Gasteiger partial charge in [-0.05, 0) is 87.7 Å². The fourth-order valence-electron chi connectivity index (χ4n) is 6.60. The highest BCUT2D eigenvalue weighted by atomic mass is 35.5. The molecule has 1 aromatic carbocycles. The van der Waals surface area contributed by atoms with Gasteiger partial charge in [0, 0.05) is 43.9 Å². The van der Waals surface area contributed by atoms with Crippen molar-refractivity contribution in [2.75, 3.05) is 62.2 Å². The second-order valence-corrected chi connectivity index (χ2v) is 12.4. The van der Waals surface area contributed by atoms with Crippen LogP contribution in [0.4, 0.5) is 29.3 Å². The molecule has 3 saturated heterocycles. The first kappa shape index (κ1) is 38.3. The van der Waals surface area contributed by atoms with Gasteiger partial charge in [0.15, 0.2) is 5.69 Å². The number of piperazine rings is 1. The lowest BCUT2D eigenvalue weighted by Gasteiger charge is -2.38. The molecule has 3 aliphatic heterocycles. The van der Waals surface area contributed by atoms with Gasteiger partial charge in [-0.3, -0.25) is 9.69 Å². The van der Waals surface area contributed by atoms with Crippen molar-refractivity contribution >= 4 is 59.7 Å². The quantitative estimate of drug-likeness (QED) is 0.265. The molecule has 0 aliphatic carbocycles. The molecule has 5 heterocycles. The number of nitrogens with one attached hydrogen (secondary N) is 2. The first-order valence-corrected chi connectivity index (χ1v) is 16.3. The zero-order valence-corrected chi connectivity index (χ0v) is 29.2. The summed E-state index contributed by atoms with van der Waals surface area (Å²) in [4.78, 5) is 41.1. The van der Waals surface area contributed by atoms with E-state index in [9.17, 15) is 22.8 Å². The number of pyridine rings is 2. The van der Waals surface area contributed by atoms with E-state index >= 15 is 0 Å². The van der Waals surface area contributed by atoms with E-state index in [-0.39, 0.29) is 60.2 Å². The Labute approximate surface area is 300 Å². The highest BCUT2D eigenvalue weighted by Crippen LogP contribution is 2.40. The van der Waals surface area contributed by atoms with Gasteiger partial charge in [0.25, 0.3) is 5.91 Å². The lowest BCUT2D eigenvalue weighted by atomic mass is 9.95. The molecule has 3 aliphatic rings. The number of ether oxygens (including phenoxy) is 1. The third-order valence-electron chi connectivity index (χ3n) is 8.96. The van der Waals surface area contributed by atoms with Crippen LogP contribution in [0, 0.1) is 5.92 Å². The van der Waals surface area contributed by atoms with E-state index < -0.39 is 23.8 Å². The molecule has 2 aromatic heterocycles. The summed E-state index contributed by atoms with van der Waals surface area (Å²) in [6.45, 7) is 5.73. The average molecular weight is 745 g/mol. The maximum atomic E-state index is 13.9. The minimum atomic E-state index is -4.69. The molecule has 2 N–H and O–H groups in total. The topological polar surface area (TPSA) is 103 Å². The van der Waals surface area contributed by atoms with Gasteiger partial charge in [0.2, 0.25) is 5.88 Å². The predicted octanol–water partition coefficient (Wildman–Crippen LogP) is 6.31. The third kappa shape index (κ3) is 8.45. The van der Waals surface area contributed by atoms with E-state index in [2.05, 4.69) is 15.6 Å². The molecule has 49 heavy (non-hydrogen) atoms. The number of hydrogen-bond acceptors (Lipinski definition) is 7. The molecule has 266 valence electrons. The molecule has 0 unspecified atom stereocenters. The van der Waals surface area contributed by atoms with E-state index in [1.165, 1.54) is 17.0 Å². The fourth-order valence-corrected chi connectivity index (χ4v) is 6.78. The second kappa shape index (κ2) is 16.5. The van der Waals surface area contributed by atoms with Gasteiger partial charge in [-0.1, -0.05) is 11.6 Å². The van der Waals surface area contributed by atoms with E-state index in [1.807, 2.05) is 30.0 Å². The SMILES string of the molecule is CCOc1ncccc1-c1ccc(N2CCN3C(=O)N(c4ccc(Cl)cc4C(F)(F)F)C[C@@H]3C2)c(C(=O)NCCC2CCNCC2)n1.Cl.Cl. The number of carbonyl (C=O) groups excluding carboxylic acids is 2. The molecule has 3 aromatic rings. The Morgan fingerprint density at radius 1 is 1.08 bits per heavy atom. The van der Waals surface area contributed by atoms with Crippen molar-refractivity contribution in [3.05, 3.63) is 64.9 Å². The average Bonchev–Trinajstić information content (AvgIpc) is 3.40. The first-order chi connectivity index (χ1) is 22.6. The Hall–Kier alpha value is -3.52. The van der Waals surface area contributed by atoms with Crippen molar-refractivity contribution in [2.24, 2.45) is 5.92 Å². The van der Waals surface area contributed by atoms with Gasteiger partial charge in [0.1, 0.15) is 0 Å². The Bertz CT molecular complexity index is 1630. The van der Waals surface area contributed by atoms with Crippen LogP contribution >= 0.6 is 36.4 Å². The predicted molar refractivity (Wildman–Crippen MR) is 188 cm³/mol. The van der Waals surface area contributed by atoms with Crippen molar-refractivity contribution in [3.8, 4) is 17.1 Å². The number of carbonyl (C=O) groups is 2. The Kier molecular flexibility index (Phi) is 12.9. The van der Waals surface area contributed by atoms with Crippen molar-refractivity contribution < 1.29 is 27.5 Å². The molecule has 10 nitrogen and oxygen atoms in total. The van der Waals surface area contributed by atoms with Crippen LogP contribution in [0.1, 0.15) is 42.2 Å². The van der Waals surface area contributed by atoms with Crippen LogP contribution in [-0.4, -0.2) is 85.3 Å². The summed E-state index contributed by atoms with van der Waals surface area (Å²) in [5.74, 6) is 0.625. The molecule has 16 heteroatoms. The number of anilines is 2. The van der Waals surface area contributed by atoms with Crippen molar-refractivity contribution in [2.45, 2.75) is 38.4 Å². The van der Waals surface area contributed by atoms with Crippen LogP contribution in [0.3, 0.4) is 0 Å². The summed E-state index contributed by atoms with van der Waals surface area (Å²) < 4.78 is 47.5. The van der Waals surface area contributed by atoms with E-state index in [4.69, 9.17) is 21.3 Å². The maximum Gasteiger partial charge on any atom is 0.418 e. The van der Waals surface area contributed by atoms with E-state index in [1.54, 1.807) is 17.2 Å². The number of alkyl halides is 3. The van der Waals surface area contributed by atoms with Gasteiger partial charge in [-0.15, -0.1) is 24.8 Å². The van der Waals surface area contributed by atoms with Crippen molar-refractivity contribution in [1.29, 1.82) is 0 Å². The largest absolute Gasteiger partial charge is 0.477 e. The first-order valence-electron chi connectivity index (χ1n) is 15.9. The molecule has 0 radical (unpaired) electrons. The van der Waals surface area contributed by atoms with E-state index in [0.29, 0.717) is 55.0 Å². The number of fused-ring (bicyclic) bond motifs is 1. The zero-order valence-electron chi connectivity index (χ0n) is 26.8. The van der Waals surface area contributed by atoms with Crippen LogP contribution in [0.25, 0.3) is 11.3 Å². The van der Waals surface area contributed by atoms with Gasteiger partial charge in [-0.25, -0.2) is 14.8 Å². The summed E-state index contributed by atoms with van der Waals surface area (Å²) in [6, 6.07) is 9.78. The number of benzene rings is 1. The van der Waals surface area contributed by atoms with Gasteiger partial charge >= 0.3 is 12.2 Å². The number of hydrogen-bond donors (Lipinski definition) is 2. The number of urea groups is 1. The molecule has 6 rings (SSSR count). The van der Waals surface area contributed by atoms with Gasteiger partial charge in [0.05, 0.1) is 40.8 Å². The lowest BCUT2D eigenvalue weighted by Crippen LogP contribution is -2.52. The normalized spacial score (nSPS) is 18.0. The molecule has 3 amide bonds. The fraction of sp³-hybridized carbons (Fsp3) is 0.455. The number of aromatic nitrogens is 2. The van der Waals surface area contributed by atoms with E-state index in [0.717, 1.165) is 38.4 Å². The zero-order chi connectivity index (χ0) is 33.1. The highest BCUT2D eigenvalue weighted by Gasteiger charge is 2.45. The van der Waals surface area contributed by atoms with Crippen LogP contribution in [0.5, 0.6) is 5.88 Å². The third-order valence-corrected chi connectivity index (χ3v) is 9.20. The van der Waals surface area contributed by atoms with Crippen molar-refractivity contribution in [3.63, 3.8) is 0 Å². The Morgan fingerprint density at radius 3 is 2.57 bits per heavy atom. The lowest BCUT2D eigenvalue weighted by molar-refractivity contribution is -0.137. The summed E-state index contributed by atoms with van der Waals surface area (Å²) in [5.41, 5.74) is 0.801. The van der Waals surface area contributed by atoms with Crippen LogP contribution in [0.2, 0.25) is 5.02 Å². The number of amides is 3. The molecule has 3 fully saturated rings. The van der Waals surface area contributed by atoms with Gasteiger partial charge in [-0.2, -0.15) is 13.2 Å². The minimum Gasteiger partial charge on any atom is -0.477 e. The monoisotopic (exact) mass is 743 g/mol. The maximum absolute atomic E-state index is 13.9. The highest BCUT2D eigenvalue weighted by molar-refractivity contribution is 6.30. The van der Waals surface area contributed by atoms with Gasteiger partial charge < -0.3 is 25.2 Å². The van der Waals surface area contributed by atoms with Crippen LogP contribution in [-0.2, 0) is 6.18 Å². The van der Waals surface area contributed by atoms with Crippen molar-refractivity contribution in [1.82, 2.24) is 25.5 Å². The molecular weight excluding hydrogens is 706 g/mol. The smallest absolute Gasteiger partial charge is 0.418 e. The van der Waals surface area contributed by atoms with Crippen LogP contribution in [0.15, 0.2) is 48.7 Å². The standard InChI is InChI=1S/C33H37ClF3N7O3.2ClH/c1-2-47-31-24(4-3-12-40-31)26-6-8-28(29(41-26)30(45)39-15-11-21-9-13-38-14-10-21)42-16-17-43-23(19-42)20-44(32(43)46)27-7-5-22(34)18-25(27)33(35,36)37;;/h3-8,12,18,21,23,38H,2,9-11,13-17,19-20H2,1H3,(H,39,45);2*1H/t23-;;/m0../s1. The second-order valence-electron chi connectivity index (χ2n) is 11.9. The Balaban J connectivity index is 0.00000270. The summed E-state index contributed by atoms with van der Waals surface area (Å²) in [5, 5.41) is 6.36. The summed E-state index contributed by atoms with van der Waals surface area (Å²) >= 11 is 5.89.